The lowest BCUT2D eigenvalue weighted by atomic mass is 10.3. The summed E-state index contributed by atoms with van der Waals surface area (Å²) < 4.78 is 8.40. The highest BCUT2D eigenvalue weighted by Gasteiger charge is 2.58. The van der Waals surface area contributed by atoms with Crippen LogP contribution in [0.1, 0.15) is 6.42 Å². The van der Waals surface area contributed by atoms with Crippen molar-refractivity contribution in [2.24, 2.45) is 5.92 Å². The highest BCUT2D eigenvalue weighted by Crippen LogP contribution is 2.52. The smallest absolute Gasteiger partial charge is 0.330 e. The minimum atomic E-state index is -0.633. The first kappa shape index (κ1) is 11.2. The number of hydrogen-bond donors (Lipinski definition) is 0. The number of alkyl halides is 1. The molecule has 1 rings (SSSR count). The van der Waals surface area contributed by atoms with Crippen molar-refractivity contribution in [3.05, 3.63) is 12.2 Å². The molecule has 1 aliphatic carbocycles. The highest BCUT2D eigenvalue weighted by molar-refractivity contribution is 9.10. The van der Waals surface area contributed by atoms with Gasteiger partial charge >= 0.3 is 11.9 Å². The molecule has 4 nitrogen and oxygen atoms in total. The number of halogens is 1. The Balaban J connectivity index is 2.50. The summed E-state index contributed by atoms with van der Waals surface area (Å²) in [4.78, 5) is 22.0. The Hall–Kier alpha value is -0.840. The minimum Gasteiger partial charge on any atom is -0.468 e. The molecule has 0 spiro atoms. The Morgan fingerprint density at radius 3 is 2.57 bits per heavy atom. The summed E-state index contributed by atoms with van der Waals surface area (Å²) >= 11 is 3.28. The zero-order valence-electron chi connectivity index (χ0n) is 7.95. The van der Waals surface area contributed by atoms with Gasteiger partial charge in [-0.3, -0.25) is 4.79 Å². The van der Waals surface area contributed by atoms with Gasteiger partial charge in [-0.2, -0.15) is 0 Å². The second-order valence-corrected chi connectivity index (χ2v) is 4.46. The molecular formula is C9H11BrO4. The first-order valence-electron chi connectivity index (χ1n) is 4.08. The van der Waals surface area contributed by atoms with Crippen LogP contribution < -0.4 is 0 Å². The topological polar surface area (TPSA) is 52.6 Å². The van der Waals surface area contributed by atoms with Crippen molar-refractivity contribution in [1.29, 1.82) is 0 Å². The average Bonchev–Trinajstić information content (AvgIpc) is 2.86. The van der Waals surface area contributed by atoms with Crippen LogP contribution in [0.5, 0.6) is 0 Å². The van der Waals surface area contributed by atoms with Gasteiger partial charge in [-0.25, -0.2) is 4.79 Å². The van der Waals surface area contributed by atoms with E-state index in [1.807, 2.05) is 0 Å². The van der Waals surface area contributed by atoms with Gasteiger partial charge in [0.15, 0.2) is 0 Å². The molecule has 0 saturated heterocycles. The van der Waals surface area contributed by atoms with Crippen LogP contribution >= 0.6 is 15.9 Å². The molecular weight excluding hydrogens is 252 g/mol. The normalized spacial score (nSPS) is 30.1. The molecule has 2 atom stereocenters. The Bertz CT molecular complexity index is 287. The molecule has 0 radical (unpaired) electrons. The predicted molar refractivity (Wildman–Crippen MR) is 52.9 cm³/mol. The number of ether oxygens (including phenoxy) is 2. The Morgan fingerprint density at radius 1 is 1.43 bits per heavy atom. The third-order valence-electron chi connectivity index (χ3n) is 2.14. The van der Waals surface area contributed by atoms with Crippen LogP contribution in [0.4, 0.5) is 0 Å². The highest BCUT2D eigenvalue weighted by atomic mass is 79.9. The fourth-order valence-electron chi connectivity index (χ4n) is 1.15. The number of rotatable bonds is 3. The van der Waals surface area contributed by atoms with Gasteiger partial charge in [0.25, 0.3) is 0 Å². The van der Waals surface area contributed by atoms with Crippen LogP contribution in [-0.4, -0.2) is 30.5 Å². The van der Waals surface area contributed by atoms with Crippen LogP contribution in [-0.2, 0) is 19.1 Å². The Kier molecular flexibility index (Phi) is 3.31. The van der Waals surface area contributed by atoms with Crippen molar-refractivity contribution in [2.75, 3.05) is 14.2 Å². The predicted octanol–water partition coefficient (Wildman–Crippen LogP) is 1.04. The van der Waals surface area contributed by atoms with Crippen LogP contribution in [0.2, 0.25) is 0 Å². The molecule has 1 aliphatic rings. The summed E-state index contributed by atoms with van der Waals surface area (Å²) in [5.41, 5.74) is 0. The lowest BCUT2D eigenvalue weighted by molar-refractivity contribution is -0.141. The summed E-state index contributed by atoms with van der Waals surface area (Å²) in [5.74, 6) is -0.720. The van der Waals surface area contributed by atoms with Crippen molar-refractivity contribution in [3.63, 3.8) is 0 Å². The molecule has 1 saturated carbocycles. The second-order valence-electron chi connectivity index (χ2n) is 3.05. The summed E-state index contributed by atoms with van der Waals surface area (Å²) in [6.45, 7) is 0. The number of hydrogen-bond acceptors (Lipinski definition) is 4. The van der Waals surface area contributed by atoms with Gasteiger partial charge < -0.3 is 9.47 Å². The molecule has 78 valence electrons. The third-order valence-corrected chi connectivity index (χ3v) is 3.37. The zero-order valence-corrected chi connectivity index (χ0v) is 9.54. The molecule has 0 aliphatic heterocycles. The number of allylic oxidation sites excluding steroid dienone is 1. The van der Waals surface area contributed by atoms with Crippen LogP contribution in [0.25, 0.3) is 0 Å². The van der Waals surface area contributed by atoms with Crippen molar-refractivity contribution in [3.8, 4) is 0 Å². The van der Waals surface area contributed by atoms with E-state index < -0.39 is 10.3 Å². The van der Waals surface area contributed by atoms with E-state index in [0.29, 0.717) is 6.42 Å². The van der Waals surface area contributed by atoms with E-state index in [9.17, 15) is 9.59 Å². The molecule has 0 aromatic heterocycles. The summed E-state index contributed by atoms with van der Waals surface area (Å²) in [6.07, 6.45) is 3.61. The van der Waals surface area contributed by atoms with Crippen LogP contribution in [0, 0.1) is 5.92 Å². The van der Waals surface area contributed by atoms with Gasteiger partial charge in [0.1, 0.15) is 4.32 Å². The maximum atomic E-state index is 11.2. The number of methoxy groups -OCH3 is 2. The van der Waals surface area contributed by atoms with E-state index in [1.54, 1.807) is 6.08 Å². The van der Waals surface area contributed by atoms with Gasteiger partial charge in [0.2, 0.25) is 0 Å². The van der Waals surface area contributed by atoms with Gasteiger partial charge in [-0.1, -0.05) is 22.0 Å². The van der Waals surface area contributed by atoms with E-state index in [-0.39, 0.29) is 11.9 Å². The molecule has 0 aromatic rings. The maximum absolute atomic E-state index is 11.2. The molecule has 0 unspecified atom stereocenters. The van der Waals surface area contributed by atoms with Gasteiger partial charge in [-0.05, 0) is 6.42 Å². The lowest BCUT2D eigenvalue weighted by Crippen LogP contribution is -2.18. The molecule has 0 bridgehead atoms. The average molecular weight is 263 g/mol. The maximum Gasteiger partial charge on any atom is 0.330 e. The lowest BCUT2D eigenvalue weighted by Gasteiger charge is -2.03. The van der Waals surface area contributed by atoms with E-state index >= 15 is 0 Å². The fraction of sp³-hybridized carbons (Fsp3) is 0.556. The molecule has 0 aromatic carbocycles. The van der Waals surface area contributed by atoms with Gasteiger partial charge in [-0.15, -0.1) is 0 Å². The Labute approximate surface area is 90.4 Å². The van der Waals surface area contributed by atoms with Crippen molar-refractivity contribution >= 4 is 27.9 Å². The SMILES string of the molecule is COC(=O)/C=C/[C@@H]1C[C@]1(Br)C(=O)OC. The standard InChI is InChI=1S/C9H11BrO4/c1-13-7(11)4-3-6-5-9(6,10)8(12)14-2/h3-4,6H,5H2,1-2H3/b4-3+/t6-,9-/m1/s1. The number of esters is 2. The quantitative estimate of drug-likeness (QED) is 0.433. The van der Waals surface area contributed by atoms with E-state index in [2.05, 4.69) is 25.4 Å². The summed E-state index contributed by atoms with van der Waals surface area (Å²) in [7, 11) is 2.64. The van der Waals surface area contributed by atoms with Crippen LogP contribution in [0.15, 0.2) is 12.2 Å². The molecule has 0 N–H and O–H groups in total. The van der Waals surface area contributed by atoms with Gasteiger partial charge in [0.05, 0.1) is 14.2 Å². The number of carbonyl (C=O) groups excluding carboxylic acids is 2. The third kappa shape index (κ3) is 2.15. The summed E-state index contributed by atoms with van der Waals surface area (Å²) in [6, 6.07) is 0. The van der Waals surface area contributed by atoms with E-state index in [1.165, 1.54) is 20.3 Å². The first-order chi connectivity index (χ1) is 6.54. The largest absolute Gasteiger partial charge is 0.468 e. The van der Waals surface area contributed by atoms with Crippen LogP contribution in [0.3, 0.4) is 0 Å². The molecule has 5 heteroatoms. The number of carbonyl (C=O) groups is 2. The molecule has 0 amide bonds. The molecule has 14 heavy (non-hydrogen) atoms. The minimum absolute atomic E-state index is 0.00838. The van der Waals surface area contributed by atoms with Crippen molar-refractivity contribution < 1.29 is 19.1 Å². The van der Waals surface area contributed by atoms with Crippen molar-refractivity contribution in [2.45, 2.75) is 10.7 Å². The molecule has 1 fully saturated rings. The Morgan fingerprint density at radius 2 is 2.07 bits per heavy atom. The van der Waals surface area contributed by atoms with Crippen molar-refractivity contribution in [1.82, 2.24) is 0 Å². The monoisotopic (exact) mass is 262 g/mol. The fourth-order valence-corrected chi connectivity index (χ4v) is 1.81. The first-order valence-corrected chi connectivity index (χ1v) is 4.87. The molecule has 0 heterocycles. The second kappa shape index (κ2) is 4.13. The zero-order chi connectivity index (χ0) is 10.8. The van der Waals surface area contributed by atoms with E-state index in [0.717, 1.165) is 0 Å². The van der Waals surface area contributed by atoms with E-state index in [4.69, 9.17) is 0 Å². The summed E-state index contributed by atoms with van der Waals surface area (Å²) in [5, 5.41) is 0. The van der Waals surface area contributed by atoms with Gasteiger partial charge in [0, 0.05) is 12.0 Å².